The summed E-state index contributed by atoms with van der Waals surface area (Å²) >= 11 is 0. The zero-order valence-electron chi connectivity index (χ0n) is 10.5. The summed E-state index contributed by atoms with van der Waals surface area (Å²) in [4.78, 5) is 11.8. The highest BCUT2D eigenvalue weighted by molar-refractivity contribution is 5.79. The first-order chi connectivity index (χ1) is 6.76. The first-order valence-corrected chi connectivity index (χ1v) is 5.82. The molecule has 0 bridgehead atoms. The molecule has 3 unspecified atom stereocenters. The summed E-state index contributed by atoms with van der Waals surface area (Å²) in [5, 5.41) is 3.10. The van der Waals surface area contributed by atoms with E-state index in [0.29, 0.717) is 5.92 Å². The van der Waals surface area contributed by atoms with Crippen LogP contribution in [0.5, 0.6) is 0 Å². The molecule has 0 heterocycles. The normalized spacial score (nSPS) is 30.9. The van der Waals surface area contributed by atoms with Crippen molar-refractivity contribution < 1.29 is 4.79 Å². The third-order valence-electron chi connectivity index (χ3n) is 4.07. The Morgan fingerprint density at radius 2 is 1.93 bits per heavy atom. The van der Waals surface area contributed by atoms with Gasteiger partial charge in [0.1, 0.15) is 0 Å². The summed E-state index contributed by atoms with van der Waals surface area (Å²) in [6.45, 7) is 10.4. The van der Waals surface area contributed by atoms with Gasteiger partial charge in [-0.2, -0.15) is 0 Å². The predicted octanol–water partition coefficient (Wildman–Crippen LogP) is 1.52. The quantitative estimate of drug-likeness (QED) is 0.745. The minimum absolute atomic E-state index is 0.0480. The van der Waals surface area contributed by atoms with Gasteiger partial charge >= 0.3 is 0 Å². The smallest absolute Gasteiger partial charge is 0.223 e. The van der Waals surface area contributed by atoms with Crippen LogP contribution in [0.4, 0.5) is 0 Å². The van der Waals surface area contributed by atoms with Crippen molar-refractivity contribution >= 4 is 5.91 Å². The fourth-order valence-corrected chi connectivity index (χ4v) is 1.81. The van der Waals surface area contributed by atoms with E-state index in [9.17, 15) is 4.79 Å². The van der Waals surface area contributed by atoms with Gasteiger partial charge in [-0.3, -0.25) is 4.79 Å². The third kappa shape index (κ3) is 2.33. The predicted molar refractivity (Wildman–Crippen MR) is 62.3 cm³/mol. The molecule has 1 amide bonds. The molecule has 1 fully saturated rings. The van der Waals surface area contributed by atoms with Crippen LogP contribution in [-0.4, -0.2) is 18.0 Å². The van der Waals surface area contributed by atoms with Crippen LogP contribution in [0, 0.1) is 17.3 Å². The number of carbonyl (C=O) groups is 1. The number of rotatable bonds is 3. The fourth-order valence-electron chi connectivity index (χ4n) is 1.81. The van der Waals surface area contributed by atoms with Gasteiger partial charge in [0.15, 0.2) is 0 Å². The number of carbonyl (C=O) groups excluding carboxylic acids is 1. The van der Waals surface area contributed by atoms with Crippen LogP contribution < -0.4 is 11.1 Å². The van der Waals surface area contributed by atoms with Crippen LogP contribution in [0.3, 0.4) is 0 Å². The van der Waals surface area contributed by atoms with E-state index in [1.54, 1.807) is 0 Å². The molecule has 3 nitrogen and oxygen atoms in total. The van der Waals surface area contributed by atoms with Crippen molar-refractivity contribution in [3.05, 3.63) is 0 Å². The maximum absolute atomic E-state index is 11.8. The molecule has 3 heteroatoms. The Hall–Kier alpha value is -0.570. The van der Waals surface area contributed by atoms with Crippen molar-refractivity contribution in [2.75, 3.05) is 0 Å². The molecule has 0 saturated heterocycles. The second kappa shape index (κ2) is 4.12. The molecule has 88 valence electrons. The van der Waals surface area contributed by atoms with Crippen LogP contribution in [0.15, 0.2) is 0 Å². The lowest BCUT2D eigenvalue weighted by atomic mass is 9.63. The van der Waals surface area contributed by atoms with Crippen LogP contribution in [-0.2, 0) is 4.79 Å². The van der Waals surface area contributed by atoms with E-state index < -0.39 is 0 Å². The summed E-state index contributed by atoms with van der Waals surface area (Å²) in [5.74, 6) is 0.634. The van der Waals surface area contributed by atoms with Gasteiger partial charge in [0.05, 0.1) is 0 Å². The number of hydrogen-bond acceptors (Lipinski definition) is 2. The highest BCUT2D eigenvalue weighted by Crippen LogP contribution is 2.39. The maximum atomic E-state index is 11.8. The third-order valence-corrected chi connectivity index (χ3v) is 4.07. The lowest BCUT2D eigenvalue weighted by molar-refractivity contribution is -0.129. The highest BCUT2D eigenvalue weighted by atomic mass is 16.2. The van der Waals surface area contributed by atoms with Gasteiger partial charge in [0.2, 0.25) is 5.91 Å². The van der Waals surface area contributed by atoms with E-state index >= 15 is 0 Å². The second-order valence-corrected chi connectivity index (χ2v) is 5.76. The summed E-state index contributed by atoms with van der Waals surface area (Å²) in [5.41, 5.74) is 5.95. The van der Waals surface area contributed by atoms with Gasteiger partial charge in [-0.25, -0.2) is 0 Å². The topological polar surface area (TPSA) is 55.1 Å². The van der Waals surface area contributed by atoms with Crippen molar-refractivity contribution in [2.45, 2.75) is 53.1 Å². The molecule has 3 N–H and O–H groups in total. The van der Waals surface area contributed by atoms with Gasteiger partial charge in [0, 0.05) is 23.4 Å². The van der Waals surface area contributed by atoms with Gasteiger partial charge < -0.3 is 11.1 Å². The maximum Gasteiger partial charge on any atom is 0.223 e. The molecular formula is C12H24N2O. The van der Waals surface area contributed by atoms with E-state index in [-0.39, 0.29) is 29.3 Å². The molecule has 0 aromatic carbocycles. The lowest BCUT2D eigenvalue weighted by Gasteiger charge is -2.50. The summed E-state index contributed by atoms with van der Waals surface area (Å²) in [7, 11) is 0. The SMILES string of the molecule is CC(C)C(C)C(=O)NC1CC(N)C1(C)C. The molecule has 1 aliphatic carbocycles. The van der Waals surface area contributed by atoms with Crippen molar-refractivity contribution in [3.8, 4) is 0 Å². The van der Waals surface area contributed by atoms with E-state index in [1.807, 2.05) is 6.92 Å². The van der Waals surface area contributed by atoms with E-state index in [4.69, 9.17) is 5.73 Å². The standard InChI is InChI=1S/C12H24N2O/c1-7(2)8(3)11(15)14-10-6-9(13)12(10,4)5/h7-10H,6,13H2,1-5H3,(H,14,15). The molecule has 0 aliphatic heterocycles. The van der Waals surface area contributed by atoms with Gasteiger partial charge in [0.25, 0.3) is 0 Å². The van der Waals surface area contributed by atoms with Crippen molar-refractivity contribution in [3.63, 3.8) is 0 Å². The minimum atomic E-state index is 0.0480. The Morgan fingerprint density at radius 3 is 2.27 bits per heavy atom. The van der Waals surface area contributed by atoms with Gasteiger partial charge in [-0.05, 0) is 12.3 Å². The number of nitrogens with two attached hydrogens (primary N) is 1. The van der Waals surface area contributed by atoms with Gasteiger partial charge in [-0.1, -0.05) is 34.6 Å². The average molecular weight is 212 g/mol. The number of hydrogen-bond donors (Lipinski definition) is 2. The van der Waals surface area contributed by atoms with Crippen LogP contribution in [0.1, 0.15) is 41.0 Å². The van der Waals surface area contributed by atoms with Crippen LogP contribution in [0.25, 0.3) is 0 Å². The highest BCUT2D eigenvalue weighted by Gasteiger charge is 2.46. The average Bonchev–Trinajstić information content (AvgIpc) is 2.15. The number of amides is 1. The monoisotopic (exact) mass is 212 g/mol. The Kier molecular flexibility index (Phi) is 3.44. The van der Waals surface area contributed by atoms with Crippen LogP contribution in [0.2, 0.25) is 0 Å². The zero-order valence-corrected chi connectivity index (χ0v) is 10.5. The largest absolute Gasteiger partial charge is 0.352 e. The summed E-state index contributed by atoms with van der Waals surface area (Å²) < 4.78 is 0. The summed E-state index contributed by atoms with van der Waals surface area (Å²) in [6.07, 6.45) is 0.906. The van der Waals surface area contributed by atoms with Crippen molar-refractivity contribution in [1.29, 1.82) is 0 Å². The minimum Gasteiger partial charge on any atom is -0.352 e. The fraction of sp³-hybridized carbons (Fsp3) is 0.917. The zero-order chi connectivity index (χ0) is 11.8. The van der Waals surface area contributed by atoms with Crippen molar-refractivity contribution in [2.24, 2.45) is 23.0 Å². The van der Waals surface area contributed by atoms with E-state index in [2.05, 4.69) is 33.0 Å². The Morgan fingerprint density at radius 1 is 1.40 bits per heavy atom. The molecule has 1 rings (SSSR count). The molecule has 1 aliphatic rings. The first kappa shape index (κ1) is 12.5. The Balaban J connectivity index is 2.47. The molecule has 0 radical (unpaired) electrons. The molecule has 1 saturated carbocycles. The molecule has 15 heavy (non-hydrogen) atoms. The van der Waals surface area contributed by atoms with Crippen molar-refractivity contribution in [1.82, 2.24) is 5.32 Å². The first-order valence-electron chi connectivity index (χ1n) is 5.82. The molecule has 0 aromatic heterocycles. The molecule has 0 aromatic rings. The molecule has 3 atom stereocenters. The second-order valence-electron chi connectivity index (χ2n) is 5.76. The summed E-state index contributed by atoms with van der Waals surface area (Å²) in [6, 6.07) is 0.471. The van der Waals surface area contributed by atoms with E-state index in [1.165, 1.54) is 0 Å². The van der Waals surface area contributed by atoms with E-state index in [0.717, 1.165) is 6.42 Å². The van der Waals surface area contributed by atoms with Gasteiger partial charge in [-0.15, -0.1) is 0 Å². The molecular weight excluding hydrogens is 188 g/mol. The Bertz CT molecular complexity index is 248. The van der Waals surface area contributed by atoms with Crippen LogP contribution >= 0.6 is 0 Å². The number of nitrogens with one attached hydrogen (secondary N) is 1. The Labute approximate surface area is 92.8 Å². The lowest BCUT2D eigenvalue weighted by Crippen LogP contribution is -2.65. The molecule has 0 spiro atoms.